The number of hydrogen-bond acceptors (Lipinski definition) is 7. The lowest BCUT2D eigenvalue weighted by atomic mass is 10.0. The number of rotatable bonds is 13. The number of hydrogen-bond donors (Lipinski definition) is 2. The van der Waals surface area contributed by atoms with Gasteiger partial charge in [-0.3, -0.25) is 9.59 Å². The molecule has 1 aliphatic heterocycles. The van der Waals surface area contributed by atoms with Crippen LogP contribution in [0.5, 0.6) is 17.2 Å². The summed E-state index contributed by atoms with van der Waals surface area (Å²) < 4.78 is 56.8. The van der Waals surface area contributed by atoms with Crippen molar-refractivity contribution in [3.63, 3.8) is 0 Å². The van der Waals surface area contributed by atoms with Crippen LogP contribution in [-0.4, -0.2) is 45.5 Å². The summed E-state index contributed by atoms with van der Waals surface area (Å²) in [5.74, 6) is -0.278. The van der Waals surface area contributed by atoms with Crippen LogP contribution < -0.4 is 24.3 Å². The Labute approximate surface area is 267 Å². The molecule has 0 saturated carbocycles. The highest BCUT2D eigenvalue weighted by atomic mass is 32.2. The van der Waals surface area contributed by atoms with Gasteiger partial charge in [0.15, 0.2) is 11.5 Å². The fraction of sp³-hybridized carbons (Fsp3) is 0.200. The molecule has 0 aromatic heterocycles. The van der Waals surface area contributed by atoms with Crippen molar-refractivity contribution in [3.05, 3.63) is 137 Å². The van der Waals surface area contributed by atoms with Gasteiger partial charge in [-0.15, -0.1) is 0 Å². The van der Waals surface area contributed by atoms with Crippen LogP contribution in [0.25, 0.3) is 0 Å². The zero-order chi connectivity index (χ0) is 32.4. The number of carbonyl (C=O) groups excluding carboxylic acids is 2. The van der Waals surface area contributed by atoms with Gasteiger partial charge in [0.25, 0.3) is 11.1 Å². The molecular formula is C35H33FN2O7S. The third kappa shape index (κ3) is 8.95. The van der Waals surface area contributed by atoms with Crippen molar-refractivity contribution in [3.8, 4) is 17.2 Å². The lowest BCUT2D eigenvalue weighted by molar-refractivity contribution is -0.123. The van der Waals surface area contributed by atoms with Crippen LogP contribution in [0.2, 0.25) is 0 Å². The highest BCUT2D eigenvalue weighted by Crippen LogP contribution is 2.30. The van der Waals surface area contributed by atoms with Crippen LogP contribution >= 0.6 is 0 Å². The Bertz CT molecular complexity index is 1770. The third-order valence-electron chi connectivity index (χ3n) is 7.14. The smallest absolute Gasteiger partial charge is 0.366 e. The van der Waals surface area contributed by atoms with Crippen molar-refractivity contribution >= 4 is 21.9 Å². The second-order valence-corrected chi connectivity index (χ2v) is 12.0. The number of ether oxygens (including phenoxy) is 2. The van der Waals surface area contributed by atoms with Gasteiger partial charge in [-0.2, -0.15) is 12.8 Å². The summed E-state index contributed by atoms with van der Waals surface area (Å²) in [6, 6.07) is 28.5. The standard InChI is InChI=1S/C35H33FN2O7S/c36-33(46(41,42)45-29-14-8-3-9-15-29)24-28(18-16-25-10-4-1-5-11-25)37-35(40)30(22-26-12-6-2-7-13-26)38-34(39)27-17-19-31-32(23-27)44-21-20-43-31/h1-15,17,19,23-24,28,30H,16,18,20-22H2,(H,37,40)(H,38,39)/b33-24+/t28-,30-/m0/s1. The van der Waals surface area contributed by atoms with E-state index in [0.29, 0.717) is 31.1 Å². The molecular weight excluding hydrogens is 611 g/mol. The first kappa shape index (κ1) is 32.2. The molecule has 11 heteroatoms. The number of carbonyl (C=O) groups is 2. The van der Waals surface area contributed by atoms with Gasteiger partial charge in [0.1, 0.15) is 25.0 Å². The molecule has 2 amide bonds. The van der Waals surface area contributed by atoms with Crippen LogP contribution in [0.1, 0.15) is 27.9 Å². The topological polar surface area (TPSA) is 120 Å². The second kappa shape index (κ2) is 15.2. The Balaban J connectivity index is 1.38. The van der Waals surface area contributed by atoms with Crippen molar-refractivity contribution in [2.75, 3.05) is 13.2 Å². The maximum atomic E-state index is 15.3. The number of fused-ring (bicyclic) bond motifs is 1. The van der Waals surface area contributed by atoms with E-state index in [9.17, 15) is 18.0 Å². The maximum Gasteiger partial charge on any atom is 0.366 e. The summed E-state index contributed by atoms with van der Waals surface area (Å²) in [6.07, 6.45) is 1.51. The van der Waals surface area contributed by atoms with E-state index >= 15 is 4.39 Å². The molecule has 2 N–H and O–H groups in total. The van der Waals surface area contributed by atoms with Crippen LogP contribution in [0.4, 0.5) is 4.39 Å². The first-order chi connectivity index (χ1) is 22.3. The van der Waals surface area contributed by atoms with E-state index < -0.39 is 39.2 Å². The minimum atomic E-state index is -4.81. The molecule has 46 heavy (non-hydrogen) atoms. The second-order valence-electron chi connectivity index (χ2n) is 10.5. The Morgan fingerprint density at radius 2 is 1.41 bits per heavy atom. The number of para-hydroxylation sites is 1. The normalized spacial score (nSPS) is 14.1. The van der Waals surface area contributed by atoms with E-state index in [1.807, 2.05) is 60.7 Å². The molecule has 9 nitrogen and oxygen atoms in total. The summed E-state index contributed by atoms with van der Waals surface area (Å²) in [5, 5.41) is 3.98. The van der Waals surface area contributed by atoms with Gasteiger partial charge in [0.2, 0.25) is 5.91 Å². The van der Waals surface area contributed by atoms with Crippen molar-refractivity contribution in [1.29, 1.82) is 0 Å². The first-order valence-corrected chi connectivity index (χ1v) is 16.1. The average molecular weight is 645 g/mol. The summed E-state index contributed by atoms with van der Waals surface area (Å²) >= 11 is 0. The molecule has 4 aromatic rings. The Morgan fingerprint density at radius 3 is 2.09 bits per heavy atom. The van der Waals surface area contributed by atoms with Crippen molar-refractivity contribution in [2.24, 2.45) is 0 Å². The van der Waals surface area contributed by atoms with Crippen LogP contribution in [-0.2, 0) is 27.8 Å². The summed E-state index contributed by atoms with van der Waals surface area (Å²) in [6.45, 7) is 0.746. The fourth-order valence-corrected chi connectivity index (χ4v) is 5.59. The molecule has 0 bridgehead atoms. The minimum absolute atomic E-state index is 0.0549. The molecule has 0 unspecified atom stereocenters. The molecule has 238 valence electrons. The minimum Gasteiger partial charge on any atom is -0.486 e. The van der Waals surface area contributed by atoms with Gasteiger partial charge in [-0.05, 0) is 60.4 Å². The fourth-order valence-electron chi connectivity index (χ4n) is 4.82. The Morgan fingerprint density at radius 1 is 0.804 bits per heavy atom. The van der Waals surface area contributed by atoms with E-state index in [1.54, 1.807) is 36.4 Å². The summed E-state index contributed by atoms with van der Waals surface area (Å²) in [4.78, 5) is 27.1. The van der Waals surface area contributed by atoms with Crippen LogP contribution in [0.3, 0.4) is 0 Å². The van der Waals surface area contributed by atoms with Crippen LogP contribution in [0, 0.1) is 0 Å². The van der Waals surface area contributed by atoms with Gasteiger partial charge in [-0.25, -0.2) is 0 Å². The van der Waals surface area contributed by atoms with Gasteiger partial charge in [-0.1, -0.05) is 78.9 Å². The van der Waals surface area contributed by atoms with Gasteiger partial charge in [0, 0.05) is 12.0 Å². The monoisotopic (exact) mass is 644 g/mol. The average Bonchev–Trinajstić information content (AvgIpc) is 3.07. The molecule has 5 rings (SSSR count). The number of amides is 2. The lowest BCUT2D eigenvalue weighted by Gasteiger charge is -2.23. The highest BCUT2D eigenvalue weighted by molar-refractivity contribution is 7.90. The Kier molecular flexibility index (Phi) is 10.7. The molecule has 0 fully saturated rings. The van der Waals surface area contributed by atoms with E-state index in [-0.39, 0.29) is 24.2 Å². The molecule has 0 radical (unpaired) electrons. The third-order valence-corrected chi connectivity index (χ3v) is 8.17. The zero-order valence-electron chi connectivity index (χ0n) is 24.8. The lowest BCUT2D eigenvalue weighted by Crippen LogP contribution is -2.50. The predicted octanol–water partition coefficient (Wildman–Crippen LogP) is 5.14. The maximum absolute atomic E-state index is 15.3. The van der Waals surface area contributed by atoms with E-state index in [1.165, 1.54) is 12.1 Å². The number of nitrogens with one attached hydrogen (secondary N) is 2. The highest BCUT2D eigenvalue weighted by Gasteiger charge is 2.27. The number of halogens is 1. The van der Waals surface area contributed by atoms with Crippen molar-refractivity contribution in [1.82, 2.24) is 10.6 Å². The molecule has 1 aliphatic rings. The molecule has 0 aliphatic carbocycles. The number of aryl methyl sites for hydroxylation is 1. The van der Waals surface area contributed by atoms with E-state index in [2.05, 4.69) is 10.6 Å². The van der Waals surface area contributed by atoms with Gasteiger partial charge in [0.05, 0.1) is 6.04 Å². The predicted molar refractivity (Wildman–Crippen MR) is 171 cm³/mol. The van der Waals surface area contributed by atoms with Crippen molar-refractivity contribution in [2.45, 2.75) is 31.3 Å². The van der Waals surface area contributed by atoms with Crippen LogP contribution in [0.15, 0.2) is 120 Å². The molecule has 1 heterocycles. The largest absolute Gasteiger partial charge is 0.486 e. The number of benzene rings is 4. The quantitative estimate of drug-likeness (QED) is 0.194. The molecule has 2 atom stereocenters. The summed E-state index contributed by atoms with van der Waals surface area (Å²) in [7, 11) is -4.81. The van der Waals surface area contributed by atoms with E-state index in [0.717, 1.165) is 17.2 Å². The SMILES string of the molecule is O=C(N[C@@H](Cc1ccccc1)C(=O)N[C@H](/C=C(\F)S(=O)(=O)Oc1ccccc1)CCc1ccccc1)c1ccc2c(c1)OCCO2. The molecule has 0 spiro atoms. The van der Waals surface area contributed by atoms with E-state index in [4.69, 9.17) is 13.7 Å². The molecule has 4 aromatic carbocycles. The Hall–Kier alpha value is -5.16. The van der Waals surface area contributed by atoms with Crippen molar-refractivity contribution < 1.29 is 36.1 Å². The molecule has 0 saturated heterocycles. The van der Waals surface area contributed by atoms with Gasteiger partial charge < -0.3 is 24.3 Å². The zero-order valence-corrected chi connectivity index (χ0v) is 25.6. The van der Waals surface area contributed by atoms with Gasteiger partial charge >= 0.3 is 10.1 Å². The summed E-state index contributed by atoms with van der Waals surface area (Å²) in [5.41, 5.74) is 1.93. The first-order valence-electron chi connectivity index (χ1n) is 14.7.